The molecule has 1 aromatic carbocycles. The minimum absolute atomic E-state index is 0.101. The van der Waals surface area contributed by atoms with Crippen LogP contribution < -0.4 is 14.8 Å². The van der Waals surface area contributed by atoms with Crippen molar-refractivity contribution in [3.05, 3.63) is 24.3 Å². The highest BCUT2D eigenvalue weighted by Gasteiger charge is 2.27. The molecule has 2 atom stereocenters. The molecule has 1 amide bonds. The number of aliphatic hydroxyl groups excluding tert-OH is 1. The summed E-state index contributed by atoms with van der Waals surface area (Å²) < 4.78 is 10.9. The van der Waals surface area contributed by atoms with Gasteiger partial charge in [-0.2, -0.15) is 0 Å². The lowest BCUT2D eigenvalue weighted by atomic mass is 10.2. The summed E-state index contributed by atoms with van der Waals surface area (Å²) in [6, 6.07) is 6.92. The molecule has 0 radical (unpaired) electrons. The van der Waals surface area contributed by atoms with E-state index in [9.17, 15) is 4.79 Å². The van der Waals surface area contributed by atoms with E-state index in [1.165, 1.54) is 0 Å². The Labute approximate surface area is 99.3 Å². The predicted molar refractivity (Wildman–Crippen MR) is 61.0 cm³/mol. The van der Waals surface area contributed by atoms with Crippen molar-refractivity contribution in [1.82, 2.24) is 5.32 Å². The minimum atomic E-state index is -0.668. The zero-order valence-electron chi connectivity index (χ0n) is 9.55. The smallest absolute Gasteiger partial charge is 0.264 e. The molecule has 0 fully saturated rings. The van der Waals surface area contributed by atoms with Crippen LogP contribution in [0.4, 0.5) is 0 Å². The standard InChI is InChI=1S/C12H15NO4/c1-8(6-14)13-12(15)11-7-16-9-4-2-3-5-10(9)17-11/h2-5,8,11,14H,6-7H2,1H3,(H,13,15)/t8-,11?/m1/s1. The Morgan fingerprint density at radius 2 is 2.24 bits per heavy atom. The number of nitrogens with one attached hydrogen (secondary N) is 1. The van der Waals surface area contributed by atoms with Gasteiger partial charge in [-0.05, 0) is 19.1 Å². The van der Waals surface area contributed by atoms with Gasteiger partial charge in [0.05, 0.1) is 6.61 Å². The van der Waals surface area contributed by atoms with Crippen LogP contribution in [0.15, 0.2) is 24.3 Å². The van der Waals surface area contributed by atoms with Crippen LogP contribution in [0.1, 0.15) is 6.92 Å². The van der Waals surface area contributed by atoms with Gasteiger partial charge < -0.3 is 19.9 Å². The van der Waals surface area contributed by atoms with E-state index in [-0.39, 0.29) is 25.2 Å². The summed E-state index contributed by atoms with van der Waals surface area (Å²) in [4.78, 5) is 11.7. The summed E-state index contributed by atoms with van der Waals surface area (Å²) in [5, 5.41) is 11.5. The molecule has 2 rings (SSSR count). The lowest BCUT2D eigenvalue weighted by Gasteiger charge is -2.26. The van der Waals surface area contributed by atoms with E-state index in [4.69, 9.17) is 14.6 Å². The Bertz CT molecular complexity index is 407. The normalized spacial score (nSPS) is 19.5. The third kappa shape index (κ3) is 2.68. The van der Waals surface area contributed by atoms with Crippen LogP contribution in [0.2, 0.25) is 0 Å². The number of amides is 1. The van der Waals surface area contributed by atoms with Crippen molar-refractivity contribution in [2.45, 2.75) is 19.1 Å². The molecule has 0 aliphatic carbocycles. The maximum absolute atomic E-state index is 11.7. The van der Waals surface area contributed by atoms with Gasteiger partial charge in [0.15, 0.2) is 11.5 Å². The first-order chi connectivity index (χ1) is 8.20. The summed E-state index contributed by atoms with van der Waals surface area (Å²) in [6.45, 7) is 1.80. The van der Waals surface area contributed by atoms with Gasteiger partial charge in [-0.1, -0.05) is 12.1 Å². The molecule has 92 valence electrons. The maximum Gasteiger partial charge on any atom is 0.264 e. The van der Waals surface area contributed by atoms with Crippen molar-refractivity contribution >= 4 is 5.91 Å². The van der Waals surface area contributed by atoms with E-state index < -0.39 is 6.10 Å². The fraction of sp³-hybridized carbons (Fsp3) is 0.417. The van der Waals surface area contributed by atoms with E-state index in [2.05, 4.69) is 5.32 Å². The number of benzene rings is 1. The first-order valence-corrected chi connectivity index (χ1v) is 5.50. The van der Waals surface area contributed by atoms with Gasteiger partial charge in [0, 0.05) is 6.04 Å². The summed E-state index contributed by atoms with van der Waals surface area (Å²) in [6.07, 6.45) is -0.668. The SMILES string of the molecule is C[C@H](CO)NC(=O)C1COc2ccccc2O1. The number of carbonyl (C=O) groups is 1. The molecule has 0 bridgehead atoms. The largest absolute Gasteiger partial charge is 0.485 e. The third-order valence-electron chi connectivity index (χ3n) is 2.46. The van der Waals surface area contributed by atoms with E-state index in [0.717, 1.165) is 0 Å². The van der Waals surface area contributed by atoms with Crippen LogP contribution in [-0.4, -0.2) is 36.4 Å². The molecule has 0 aromatic heterocycles. The maximum atomic E-state index is 11.7. The summed E-state index contributed by atoms with van der Waals surface area (Å²) in [5.74, 6) is 0.934. The van der Waals surface area contributed by atoms with Gasteiger partial charge in [-0.25, -0.2) is 0 Å². The summed E-state index contributed by atoms with van der Waals surface area (Å²) in [5.41, 5.74) is 0. The highest BCUT2D eigenvalue weighted by molar-refractivity contribution is 5.82. The second-order valence-electron chi connectivity index (χ2n) is 3.96. The van der Waals surface area contributed by atoms with Gasteiger partial charge in [-0.3, -0.25) is 4.79 Å². The molecule has 1 aliphatic heterocycles. The molecule has 2 N–H and O–H groups in total. The highest BCUT2D eigenvalue weighted by Crippen LogP contribution is 2.30. The molecule has 1 heterocycles. The predicted octanol–water partition coefficient (Wildman–Crippen LogP) is 0.323. The van der Waals surface area contributed by atoms with Crippen LogP contribution in [0.25, 0.3) is 0 Å². The molecule has 1 unspecified atom stereocenters. The fourth-order valence-electron chi connectivity index (χ4n) is 1.53. The van der Waals surface area contributed by atoms with Crippen molar-refractivity contribution in [3.63, 3.8) is 0 Å². The Morgan fingerprint density at radius 1 is 1.53 bits per heavy atom. The highest BCUT2D eigenvalue weighted by atomic mass is 16.6. The average Bonchev–Trinajstić information content (AvgIpc) is 2.38. The van der Waals surface area contributed by atoms with E-state index >= 15 is 0 Å². The van der Waals surface area contributed by atoms with Crippen molar-refractivity contribution in [2.24, 2.45) is 0 Å². The van der Waals surface area contributed by atoms with Crippen molar-refractivity contribution in [3.8, 4) is 11.5 Å². The van der Waals surface area contributed by atoms with Crippen LogP contribution in [0.5, 0.6) is 11.5 Å². The van der Waals surface area contributed by atoms with E-state index in [1.54, 1.807) is 19.1 Å². The fourth-order valence-corrected chi connectivity index (χ4v) is 1.53. The molecule has 17 heavy (non-hydrogen) atoms. The number of para-hydroxylation sites is 2. The number of ether oxygens (including phenoxy) is 2. The molecule has 5 heteroatoms. The number of hydrogen-bond acceptors (Lipinski definition) is 4. The topological polar surface area (TPSA) is 67.8 Å². The number of hydrogen-bond donors (Lipinski definition) is 2. The number of fused-ring (bicyclic) bond motifs is 1. The minimum Gasteiger partial charge on any atom is -0.485 e. The van der Waals surface area contributed by atoms with Crippen LogP contribution >= 0.6 is 0 Å². The number of carbonyl (C=O) groups excluding carboxylic acids is 1. The van der Waals surface area contributed by atoms with Gasteiger partial charge >= 0.3 is 0 Å². The Morgan fingerprint density at radius 3 is 2.94 bits per heavy atom. The summed E-state index contributed by atoms with van der Waals surface area (Å²) in [7, 11) is 0. The van der Waals surface area contributed by atoms with E-state index in [1.807, 2.05) is 12.1 Å². The van der Waals surface area contributed by atoms with Gasteiger partial charge in [0.1, 0.15) is 6.61 Å². The van der Waals surface area contributed by atoms with E-state index in [0.29, 0.717) is 11.5 Å². The molecule has 1 aromatic rings. The third-order valence-corrected chi connectivity index (χ3v) is 2.46. The van der Waals surface area contributed by atoms with Crippen molar-refractivity contribution < 1.29 is 19.4 Å². The van der Waals surface area contributed by atoms with Gasteiger partial charge in [0.25, 0.3) is 5.91 Å². The molecule has 0 spiro atoms. The Kier molecular flexibility index (Phi) is 3.49. The Balaban J connectivity index is 2.00. The molecule has 0 saturated carbocycles. The zero-order chi connectivity index (χ0) is 12.3. The molecule has 1 aliphatic rings. The first-order valence-electron chi connectivity index (χ1n) is 5.50. The second kappa shape index (κ2) is 5.05. The molecule has 5 nitrogen and oxygen atoms in total. The second-order valence-corrected chi connectivity index (χ2v) is 3.96. The van der Waals surface area contributed by atoms with Gasteiger partial charge in [-0.15, -0.1) is 0 Å². The average molecular weight is 237 g/mol. The first kappa shape index (κ1) is 11.7. The van der Waals surface area contributed by atoms with Crippen molar-refractivity contribution in [2.75, 3.05) is 13.2 Å². The number of rotatable bonds is 3. The summed E-state index contributed by atoms with van der Waals surface area (Å²) >= 11 is 0. The lowest BCUT2D eigenvalue weighted by molar-refractivity contribution is -0.131. The lowest BCUT2D eigenvalue weighted by Crippen LogP contribution is -2.47. The number of aliphatic hydroxyl groups is 1. The quantitative estimate of drug-likeness (QED) is 0.794. The Hall–Kier alpha value is -1.75. The van der Waals surface area contributed by atoms with Crippen molar-refractivity contribution in [1.29, 1.82) is 0 Å². The van der Waals surface area contributed by atoms with Crippen LogP contribution in [0.3, 0.4) is 0 Å². The zero-order valence-corrected chi connectivity index (χ0v) is 9.55. The van der Waals surface area contributed by atoms with Gasteiger partial charge in [0.2, 0.25) is 6.10 Å². The van der Waals surface area contributed by atoms with Crippen LogP contribution in [-0.2, 0) is 4.79 Å². The molecule has 0 saturated heterocycles. The molecular formula is C12H15NO4. The monoisotopic (exact) mass is 237 g/mol. The molecular weight excluding hydrogens is 222 g/mol. The van der Waals surface area contributed by atoms with Crippen LogP contribution in [0, 0.1) is 0 Å².